The Morgan fingerprint density at radius 2 is 2.08 bits per heavy atom. The molecule has 2 aromatic rings. The average Bonchev–Trinajstić information content (AvgIpc) is 3.21. The molecular weight excluding hydrogens is 326 g/mol. The number of oxime groups is 1. The highest BCUT2D eigenvalue weighted by molar-refractivity contribution is 6.02. The van der Waals surface area contributed by atoms with Gasteiger partial charge in [-0.05, 0) is 30.2 Å². The first-order chi connectivity index (χ1) is 12.1. The number of anilines is 1. The van der Waals surface area contributed by atoms with Crippen molar-refractivity contribution < 1.29 is 18.4 Å². The van der Waals surface area contributed by atoms with Crippen molar-refractivity contribution in [2.24, 2.45) is 5.16 Å². The number of amides is 1. The van der Waals surface area contributed by atoms with Gasteiger partial charge >= 0.3 is 0 Å². The third-order valence-electron chi connectivity index (χ3n) is 4.57. The molecule has 0 spiro atoms. The summed E-state index contributed by atoms with van der Waals surface area (Å²) in [5.41, 5.74) is 2.71. The second kappa shape index (κ2) is 6.27. The number of halogens is 2. The number of nitrogens with zero attached hydrogens (tertiary/aromatic N) is 2. The van der Waals surface area contributed by atoms with E-state index in [0.29, 0.717) is 18.7 Å². The summed E-state index contributed by atoms with van der Waals surface area (Å²) in [6.07, 6.45) is 0.906. The van der Waals surface area contributed by atoms with E-state index in [-0.39, 0.29) is 17.9 Å². The molecule has 2 heterocycles. The fraction of sp³-hybridized carbons (Fsp3) is 0.263. The standard InChI is InChI=1S/C19H16F2N2O2/c20-13-5-6-15(16(21)9-13)17-10-14(25-22-17)11-19(24)23-8-7-12-3-1-2-4-18(12)23/h1-6,9,14H,7-8,10-11H2/t14-/m1/s1. The van der Waals surface area contributed by atoms with Crippen LogP contribution in [-0.4, -0.2) is 24.3 Å². The predicted molar refractivity (Wildman–Crippen MR) is 89.5 cm³/mol. The van der Waals surface area contributed by atoms with Gasteiger partial charge < -0.3 is 9.74 Å². The molecule has 1 atom stereocenters. The average molecular weight is 342 g/mol. The Hall–Kier alpha value is -2.76. The van der Waals surface area contributed by atoms with Gasteiger partial charge in [-0.25, -0.2) is 8.78 Å². The van der Waals surface area contributed by atoms with E-state index in [0.717, 1.165) is 23.7 Å². The monoisotopic (exact) mass is 342 g/mol. The van der Waals surface area contributed by atoms with Gasteiger partial charge in [0.1, 0.15) is 17.7 Å². The van der Waals surface area contributed by atoms with Crippen molar-refractivity contribution in [2.75, 3.05) is 11.4 Å². The summed E-state index contributed by atoms with van der Waals surface area (Å²) in [5.74, 6) is -1.35. The molecule has 0 N–H and O–H groups in total. The van der Waals surface area contributed by atoms with Crippen LogP contribution in [0.3, 0.4) is 0 Å². The largest absolute Gasteiger partial charge is 0.391 e. The van der Waals surface area contributed by atoms with Gasteiger partial charge in [0.25, 0.3) is 0 Å². The number of fused-ring (bicyclic) bond motifs is 1. The lowest BCUT2D eigenvalue weighted by molar-refractivity contribution is -0.120. The highest BCUT2D eigenvalue weighted by Gasteiger charge is 2.30. The Morgan fingerprint density at radius 3 is 2.92 bits per heavy atom. The van der Waals surface area contributed by atoms with Crippen LogP contribution in [-0.2, 0) is 16.1 Å². The lowest BCUT2D eigenvalue weighted by atomic mass is 10.0. The van der Waals surface area contributed by atoms with Crippen LogP contribution in [0.4, 0.5) is 14.5 Å². The lowest BCUT2D eigenvalue weighted by Gasteiger charge is -2.18. The van der Waals surface area contributed by atoms with Crippen LogP contribution in [0.2, 0.25) is 0 Å². The molecule has 0 saturated carbocycles. The van der Waals surface area contributed by atoms with Gasteiger partial charge in [0.15, 0.2) is 0 Å². The molecule has 2 aliphatic rings. The minimum absolute atomic E-state index is 0.0361. The second-order valence-electron chi connectivity index (χ2n) is 6.22. The minimum Gasteiger partial charge on any atom is -0.391 e. The van der Waals surface area contributed by atoms with Gasteiger partial charge in [0, 0.05) is 30.3 Å². The van der Waals surface area contributed by atoms with E-state index >= 15 is 0 Å². The van der Waals surface area contributed by atoms with Crippen molar-refractivity contribution in [2.45, 2.75) is 25.4 Å². The van der Waals surface area contributed by atoms with Crippen molar-refractivity contribution in [3.8, 4) is 0 Å². The highest BCUT2D eigenvalue weighted by atomic mass is 19.1. The number of hydrogen-bond donors (Lipinski definition) is 0. The molecule has 0 saturated heterocycles. The van der Waals surface area contributed by atoms with E-state index in [4.69, 9.17) is 4.84 Å². The van der Waals surface area contributed by atoms with Gasteiger partial charge in [-0.15, -0.1) is 0 Å². The summed E-state index contributed by atoms with van der Waals surface area (Å²) < 4.78 is 26.9. The zero-order valence-electron chi connectivity index (χ0n) is 13.4. The molecule has 25 heavy (non-hydrogen) atoms. The van der Waals surface area contributed by atoms with Crippen LogP contribution in [0.1, 0.15) is 24.0 Å². The molecule has 128 valence electrons. The fourth-order valence-corrected chi connectivity index (χ4v) is 3.32. The van der Waals surface area contributed by atoms with E-state index in [1.807, 2.05) is 24.3 Å². The third-order valence-corrected chi connectivity index (χ3v) is 4.57. The number of para-hydroxylation sites is 1. The molecule has 0 unspecified atom stereocenters. The van der Waals surface area contributed by atoms with Crippen molar-refractivity contribution in [1.29, 1.82) is 0 Å². The Balaban J connectivity index is 1.42. The smallest absolute Gasteiger partial charge is 0.230 e. The Bertz CT molecular complexity index is 866. The number of carbonyl (C=O) groups is 1. The van der Waals surface area contributed by atoms with Crippen LogP contribution < -0.4 is 4.90 Å². The summed E-state index contributed by atoms with van der Waals surface area (Å²) in [6, 6.07) is 11.2. The Labute approximate surface area is 143 Å². The normalized spacial score (nSPS) is 18.7. The third kappa shape index (κ3) is 2.99. The van der Waals surface area contributed by atoms with E-state index in [2.05, 4.69) is 5.16 Å². The second-order valence-corrected chi connectivity index (χ2v) is 6.22. The van der Waals surface area contributed by atoms with Crippen molar-refractivity contribution >= 4 is 17.3 Å². The molecule has 4 rings (SSSR count). The van der Waals surface area contributed by atoms with Crippen LogP contribution >= 0.6 is 0 Å². The Morgan fingerprint density at radius 1 is 1.24 bits per heavy atom. The van der Waals surface area contributed by atoms with Gasteiger partial charge in [-0.1, -0.05) is 23.4 Å². The van der Waals surface area contributed by atoms with Gasteiger partial charge in [0.05, 0.1) is 12.1 Å². The zero-order valence-corrected chi connectivity index (χ0v) is 13.4. The first-order valence-electron chi connectivity index (χ1n) is 8.18. The highest BCUT2D eigenvalue weighted by Crippen LogP contribution is 2.29. The van der Waals surface area contributed by atoms with Crippen molar-refractivity contribution in [3.05, 3.63) is 65.2 Å². The molecular formula is C19H16F2N2O2. The molecule has 6 heteroatoms. The summed E-state index contributed by atoms with van der Waals surface area (Å²) in [4.78, 5) is 19.7. The molecule has 2 aliphatic heterocycles. The van der Waals surface area contributed by atoms with Crippen LogP contribution in [0.5, 0.6) is 0 Å². The van der Waals surface area contributed by atoms with E-state index < -0.39 is 17.7 Å². The van der Waals surface area contributed by atoms with Gasteiger partial charge in [-0.2, -0.15) is 0 Å². The predicted octanol–water partition coefficient (Wildman–Crippen LogP) is 3.44. The maximum atomic E-state index is 13.9. The van der Waals surface area contributed by atoms with Crippen LogP contribution in [0.25, 0.3) is 0 Å². The van der Waals surface area contributed by atoms with E-state index in [9.17, 15) is 13.6 Å². The Kier molecular flexibility index (Phi) is 3.95. The topological polar surface area (TPSA) is 41.9 Å². The molecule has 0 bridgehead atoms. The van der Waals surface area contributed by atoms with Gasteiger partial charge in [-0.3, -0.25) is 4.79 Å². The van der Waals surface area contributed by atoms with E-state index in [1.54, 1.807) is 4.90 Å². The molecule has 0 fully saturated rings. The molecule has 0 aromatic heterocycles. The maximum Gasteiger partial charge on any atom is 0.230 e. The van der Waals surface area contributed by atoms with Crippen LogP contribution in [0, 0.1) is 11.6 Å². The minimum atomic E-state index is -0.678. The lowest BCUT2D eigenvalue weighted by Crippen LogP contribution is -2.32. The quantitative estimate of drug-likeness (QED) is 0.857. The number of benzene rings is 2. The number of carbonyl (C=O) groups excluding carboxylic acids is 1. The maximum absolute atomic E-state index is 13.9. The molecule has 1 amide bonds. The van der Waals surface area contributed by atoms with Crippen molar-refractivity contribution in [3.63, 3.8) is 0 Å². The van der Waals surface area contributed by atoms with Gasteiger partial charge in [0.2, 0.25) is 5.91 Å². The summed E-state index contributed by atoms with van der Waals surface area (Å²) >= 11 is 0. The SMILES string of the molecule is O=C(C[C@H]1CC(c2ccc(F)cc2F)=NO1)N1CCc2ccccc21. The number of rotatable bonds is 3. The number of hydrogen-bond acceptors (Lipinski definition) is 3. The summed E-state index contributed by atoms with van der Waals surface area (Å²) in [5, 5.41) is 3.89. The van der Waals surface area contributed by atoms with E-state index in [1.165, 1.54) is 12.1 Å². The molecule has 4 nitrogen and oxygen atoms in total. The molecule has 2 aromatic carbocycles. The molecule has 0 aliphatic carbocycles. The summed E-state index contributed by atoms with van der Waals surface area (Å²) in [6.45, 7) is 0.658. The first kappa shape index (κ1) is 15.7. The zero-order chi connectivity index (χ0) is 17.4. The first-order valence-corrected chi connectivity index (χ1v) is 8.18. The summed E-state index contributed by atoms with van der Waals surface area (Å²) in [7, 11) is 0. The molecule has 0 radical (unpaired) electrons. The fourth-order valence-electron chi connectivity index (χ4n) is 3.32. The van der Waals surface area contributed by atoms with Crippen LogP contribution in [0.15, 0.2) is 47.6 Å². The van der Waals surface area contributed by atoms with Crippen molar-refractivity contribution in [1.82, 2.24) is 0 Å².